The predicted octanol–water partition coefficient (Wildman–Crippen LogP) is 15.3. The zero-order chi connectivity index (χ0) is 37.6. The van der Waals surface area contributed by atoms with Gasteiger partial charge in [0.15, 0.2) is 0 Å². The number of fused-ring (bicyclic) bond motifs is 5. The first-order chi connectivity index (χ1) is 27.5. The average molecular weight is 716 g/mol. The van der Waals surface area contributed by atoms with Gasteiger partial charge < -0.3 is 4.90 Å². The van der Waals surface area contributed by atoms with Gasteiger partial charge in [-0.05, 0) is 126 Å². The Morgan fingerprint density at radius 3 is 1.27 bits per heavy atom. The Balaban J connectivity index is 1.06. The molecule has 56 heavy (non-hydrogen) atoms. The smallest absolute Gasteiger partial charge is 0.0462 e. The minimum Gasteiger partial charge on any atom is -0.311 e. The molecule has 0 fully saturated rings. The van der Waals surface area contributed by atoms with Crippen LogP contribution in [0.25, 0.3) is 66.4 Å². The Bertz CT molecular complexity index is 2740. The second kappa shape index (κ2) is 13.7. The van der Waals surface area contributed by atoms with Crippen LogP contribution in [0.15, 0.2) is 212 Å². The highest BCUT2D eigenvalue weighted by Gasteiger charge is 2.38. The first-order valence-electron chi connectivity index (χ1n) is 19.5. The van der Waals surface area contributed by atoms with E-state index in [2.05, 4.69) is 231 Å². The van der Waals surface area contributed by atoms with Crippen LogP contribution in [-0.4, -0.2) is 0 Å². The van der Waals surface area contributed by atoms with Gasteiger partial charge in [0.1, 0.15) is 0 Å². The topological polar surface area (TPSA) is 3.24 Å². The molecule has 0 amide bonds. The third-order valence-corrected chi connectivity index (χ3v) is 11.6. The number of rotatable bonds is 7. The van der Waals surface area contributed by atoms with Crippen molar-refractivity contribution in [3.63, 3.8) is 0 Å². The van der Waals surface area contributed by atoms with Crippen molar-refractivity contribution < 1.29 is 0 Å². The molecular formula is C55H41N. The summed E-state index contributed by atoms with van der Waals surface area (Å²) in [5.41, 5.74) is 18.5. The number of hydrogen-bond acceptors (Lipinski definition) is 1. The van der Waals surface area contributed by atoms with E-state index >= 15 is 0 Å². The largest absolute Gasteiger partial charge is 0.311 e. The second-order valence-corrected chi connectivity index (χ2v) is 15.4. The quantitative estimate of drug-likeness (QED) is 0.159. The Labute approximate surface area is 329 Å². The summed E-state index contributed by atoms with van der Waals surface area (Å²) in [4.78, 5) is 2.35. The molecule has 9 aromatic rings. The van der Waals surface area contributed by atoms with E-state index in [1.165, 1.54) is 77.5 Å². The monoisotopic (exact) mass is 715 g/mol. The van der Waals surface area contributed by atoms with E-state index in [1.807, 2.05) is 0 Å². The molecule has 0 spiro atoms. The van der Waals surface area contributed by atoms with E-state index in [-0.39, 0.29) is 5.41 Å². The lowest BCUT2D eigenvalue weighted by molar-refractivity contribution is 0.666. The average Bonchev–Trinajstić information content (AvgIpc) is 3.51. The lowest BCUT2D eigenvalue weighted by Crippen LogP contribution is -2.15. The summed E-state index contributed by atoms with van der Waals surface area (Å²) in [6, 6.07) is 77.3. The summed E-state index contributed by atoms with van der Waals surface area (Å²) in [5.74, 6) is 0. The van der Waals surface area contributed by atoms with Gasteiger partial charge in [-0.1, -0.05) is 178 Å². The predicted molar refractivity (Wildman–Crippen MR) is 238 cm³/mol. The summed E-state index contributed by atoms with van der Waals surface area (Å²) in [7, 11) is 0. The van der Waals surface area contributed by atoms with Crippen LogP contribution in [0, 0.1) is 0 Å². The Kier molecular flexibility index (Phi) is 8.23. The molecule has 1 heteroatoms. The minimum atomic E-state index is -0.135. The molecule has 9 aromatic carbocycles. The molecule has 266 valence electrons. The van der Waals surface area contributed by atoms with Crippen LogP contribution >= 0.6 is 0 Å². The van der Waals surface area contributed by atoms with E-state index in [1.54, 1.807) is 0 Å². The highest BCUT2D eigenvalue weighted by Crippen LogP contribution is 2.55. The molecule has 0 bridgehead atoms. The van der Waals surface area contributed by atoms with Gasteiger partial charge in [0, 0.05) is 22.5 Å². The third-order valence-electron chi connectivity index (χ3n) is 11.6. The first-order valence-corrected chi connectivity index (χ1v) is 19.5. The molecule has 0 unspecified atom stereocenters. The van der Waals surface area contributed by atoms with Gasteiger partial charge in [0.25, 0.3) is 0 Å². The molecule has 0 saturated heterocycles. The number of hydrogen-bond donors (Lipinski definition) is 0. The molecule has 1 aliphatic rings. The van der Waals surface area contributed by atoms with Crippen molar-refractivity contribution in [2.75, 3.05) is 4.90 Å². The normalized spacial score (nSPS) is 12.6. The van der Waals surface area contributed by atoms with Crippen LogP contribution in [0.3, 0.4) is 0 Å². The van der Waals surface area contributed by atoms with E-state index in [0.717, 1.165) is 17.1 Å². The van der Waals surface area contributed by atoms with Gasteiger partial charge in [-0.3, -0.25) is 0 Å². The third kappa shape index (κ3) is 5.81. The Morgan fingerprint density at radius 2 is 0.750 bits per heavy atom. The maximum absolute atomic E-state index is 2.43. The van der Waals surface area contributed by atoms with Crippen molar-refractivity contribution in [1.29, 1.82) is 0 Å². The lowest BCUT2D eigenvalue weighted by atomic mass is 9.79. The highest BCUT2D eigenvalue weighted by atomic mass is 15.1. The fourth-order valence-corrected chi connectivity index (χ4v) is 8.85. The summed E-state index contributed by atoms with van der Waals surface area (Å²) in [6.45, 7) is 4.78. The van der Waals surface area contributed by atoms with Gasteiger partial charge in [-0.25, -0.2) is 0 Å². The second-order valence-electron chi connectivity index (χ2n) is 15.4. The summed E-state index contributed by atoms with van der Waals surface area (Å²) in [6.07, 6.45) is 0. The minimum absolute atomic E-state index is 0.135. The first kappa shape index (κ1) is 33.6. The standard InChI is InChI=1S/C55H41N/c1-55(2)52-35-28-44(36-51(52)53-50(43-18-10-5-11-19-43)37-45-20-12-13-21-49(45)54(53)55)42-26-33-48(34-27-42)56(46-29-22-40(23-30-46)38-14-6-3-7-15-38)47-31-24-41(25-32-47)39-16-8-4-9-17-39/h3-37H,1-2H3. The van der Waals surface area contributed by atoms with E-state index in [0.29, 0.717) is 0 Å². The van der Waals surface area contributed by atoms with Gasteiger partial charge in [0.05, 0.1) is 0 Å². The van der Waals surface area contributed by atoms with Crippen molar-refractivity contribution >= 4 is 27.8 Å². The van der Waals surface area contributed by atoms with Crippen molar-refractivity contribution in [3.8, 4) is 55.6 Å². The van der Waals surface area contributed by atoms with Gasteiger partial charge in [0.2, 0.25) is 0 Å². The Morgan fingerprint density at radius 1 is 0.339 bits per heavy atom. The molecule has 0 radical (unpaired) electrons. The fourth-order valence-electron chi connectivity index (χ4n) is 8.85. The Hall–Kier alpha value is -6.96. The van der Waals surface area contributed by atoms with Crippen molar-refractivity contribution in [1.82, 2.24) is 0 Å². The zero-order valence-corrected chi connectivity index (χ0v) is 31.7. The molecule has 1 aliphatic carbocycles. The van der Waals surface area contributed by atoms with Crippen LogP contribution in [-0.2, 0) is 5.41 Å². The molecule has 0 aliphatic heterocycles. The van der Waals surface area contributed by atoms with Crippen LogP contribution in [0.1, 0.15) is 25.0 Å². The molecule has 0 saturated carbocycles. The van der Waals surface area contributed by atoms with Crippen molar-refractivity contribution in [2.45, 2.75) is 19.3 Å². The summed E-state index contributed by atoms with van der Waals surface area (Å²) >= 11 is 0. The van der Waals surface area contributed by atoms with Crippen LogP contribution in [0.5, 0.6) is 0 Å². The maximum Gasteiger partial charge on any atom is 0.0462 e. The molecular weight excluding hydrogens is 675 g/mol. The van der Waals surface area contributed by atoms with Gasteiger partial charge >= 0.3 is 0 Å². The SMILES string of the molecule is CC1(C)c2ccc(-c3ccc(N(c4ccc(-c5ccccc5)cc4)c4ccc(-c5ccccc5)cc4)cc3)cc2-c2c(-c3ccccc3)cc3ccccc3c21. The summed E-state index contributed by atoms with van der Waals surface area (Å²) in [5, 5.41) is 2.62. The molecule has 10 rings (SSSR count). The molecule has 0 N–H and O–H groups in total. The number of benzene rings is 9. The van der Waals surface area contributed by atoms with Gasteiger partial charge in [-0.2, -0.15) is 0 Å². The van der Waals surface area contributed by atoms with Crippen LogP contribution < -0.4 is 4.90 Å². The van der Waals surface area contributed by atoms with Crippen LogP contribution in [0.2, 0.25) is 0 Å². The maximum atomic E-state index is 2.43. The van der Waals surface area contributed by atoms with Gasteiger partial charge in [-0.15, -0.1) is 0 Å². The highest BCUT2D eigenvalue weighted by molar-refractivity contribution is 6.05. The number of nitrogens with zero attached hydrogens (tertiary/aromatic N) is 1. The number of anilines is 3. The summed E-state index contributed by atoms with van der Waals surface area (Å²) < 4.78 is 0. The van der Waals surface area contributed by atoms with E-state index in [4.69, 9.17) is 0 Å². The van der Waals surface area contributed by atoms with Crippen molar-refractivity contribution in [3.05, 3.63) is 223 Å². The molecule has 0 atom stereocenters. The van der Waals surface area contributed by atoms with E-state index < -0.39 is 0 Å². The zero-order valence-electron chi connectivity index (χ0n) is 31.7. The van der Waals surface area contributed by atoms with E-state index in [9.17, 15) is 0 Å². The molecule has 0 aromatic heterocycles. The molecule has 1 nitrogen and oxygen atoms in total. The van der Waals surface area contributed by atoms with Crippen LogP contribution in [0.4, 0.5) is 17.1 Å². The van der Waals surface area contributed by atoms with Crippen molar-refractivity contribution in [2.24, 2.45) is 0 Å². The molecule has 0 heterocycles. The lowest BCUT2D eigenvalue weighted by Gasteiger charge is -2.26. The fraction of sp³-hybridized carbons (Fsp3) is 0.0545.